The van der Waals surface area contributed by atoms with Gasteiger partial charge >= 0.3 is 0 Å². The van der Waals surface area contributed by atoms with Crippen molar-refractivity contribution in [3.63, 3.8) is 0 Å². The molecule has 1 N–H and O–H groups in total. The van der Waals surface area contributed by atoms with Crippen LogP contribution in [0, 0.1) is 13.8 Å². The SMILES string of the molecule is Cc1cccc(NC(=O)CSCc2nc(-c3ccccc3)no2)c1C. The quantitative estimate of drug-likeness (QED) is 0.718. The van der Waals surface area contributed by atoms with Gasteiger partial charge in [0.25, 0.3) is 0 Å². The van der Waals surface area contributed by atoms with Gasteiger partial charge in [-0.25, -0.2) is 0 Å². The average molecular weight is 353 g/mol. The minimum Gasteiger partial charge on any atom is -0.338 e. The number of nitrogens with zero attached hydrogens (tertiary/aromatic N) is 2. The molecule has 0 fully saturated rings. The minimum absolute atomic E-state index is 0.0403. The average Bonchev–Trinajstić information content (AvgIpc) is 3.09. The highest BCUT2D eigenvalue weighted by molar-refractivity contribution is 7.99. The largest absolute Gasteiger partial charge is 0.338 e. The highest BCUT2D eigenvalue weighted by Crippen LogP contribution is 2.20. The van der Waals surface area contributed by atoms with Crippen LogP contribution in [0.2, 0.25) is 0 Å². The molecule has 6 heteroatoms. The molecule has 0 saturated heterocycles. The summed E-state index contributed by atoms with van der Waals surface area (Å²) >= 11 is 1.44. The summed E-state index contributed by atoms with van der Waals surface area (Å²) in [4.78, 5) is 16.5. The molecule has 0 atom stereocenters. The number of carbonyl (C=O) groups excluding carboxylic acids is 1. The fraction of sp³-hybridized carbons (Fsp3) is 0.211. The van der Waals surface area contributed by atoms with E-state index in [4.69, 9.17) is 4.52 Å². The van der Waals surface area contributed by atoms with Crippen LogP contribution < -0.4 is 5.32 Å². The Balaban J connectivity index is 1.50. The van der Waals surface area contributed by atoms with E-state index in [-0.39, 0.29) is 5.91 Å². The molecule has 0 radical (unpaired) electrons. The number of benzene rings is 2. The zero-order valence-electron chi connectivity index (χ0n) is 14.2. The van der Waals surface area contributed by atoms with Crippen LogP contribution in [-0.2, 0) is 10.5 Å². The van der Waals surface area contributed by atoms with Crippen LogP contribution in [0.25, 0.3) is 11.4 Å². The number of rotatable bonds is 6. The molecule has 25 heavy (non-hydrogen) atoms. The Morgan fingerprint density at radius 3 is 2.72 bits per heavy atom. The number of thioether (sulfide) groups is 1. The summed E-state index contributed by atoms with van der Waals surface area (Å²) < 4.78 is 5.24. The van der Waals surface area contributed by atoms with E-state index in [0.717, 1.165) is 22.4 Å². The number of hydrogen-bond acceptors (Lipinski definition) is 5. The van der Waals surface area contributed by atoms with Crippen molar-refractivity contribution in [1.82, 2.24) is 10.1 Å². The normalized spacial score (nSPS) is 10.6. The first-order chi connectivity index (χ1) is 12.1. The Hall–Kier alpha value is -2.60. The number of anilines is 1. The molecule has 5 nitrogen and oxygen atoms in total. The molecule has 3 rings (SSSR count). The first kappa shape index (κ1) is 17.2. The van der Waals surface area contributed by atoms with Crippen LogP contribution in [0.3, 0.4) is 0 Å². The second-order valence-corrected chi connectivity index (χ2v) is 6.65. The maximum Gasteiger partial charge on any atom is 0.236 e. The summed E-state index contributed by atoms with van der Waals surface area (Å²) in [5, 5.41) is 6.92. The summed E-state index contributed by atoms with van der Waals surface area (Å²) in [6.07, 6.45) is 0. The fourth-order valence-electron chi connectivity index (χ4n) is 2.32. The number of carbonyl (C=O) groups is 1. The first-order valence-electron chi connectivity index (χ1n) is 7.95. The predicted octanol–water partition coefficient (Wildman–Crippen LogP) is 4.23. The van der Waals surface area contributed by atoms with Crippen molar-refractivity contribution in [2.75, 3.05) is 11.1 Å². The van der Waals surface area contributed by atoms with E-state index in [2.05, 4.69) is 15.5 Å². The molecule has 128 valence electrons. The van der Waals surface area contributed by atoms with Gasteiger partial charge < -0.3 is 9.84 Å². The van der Waals surface area contributed by atoms with Gasteiger partial charge in [0, 0.05) is 11.3 Å². The highest BCUT2D eigenvalue weighted by Gasteiger charge is 2.10. The zero-order valence-corrected chi connectivity index (χ0v) is 15.0. The minimum atomic E-state index is -0.0403. The van der Waals surface area contributed by atoms with Gasteiger partial charge in [0.1, 0.15) is 0 Å². The van der Waals surface area contributed by atoms with E-state index in [0.29, 0.717) is 23.2 Å². The number of nitrogens with one attached hydrogen (secondary N) is 1. The molecule has 2 aromatic carbocycles. The lowest BCUT2D eigenvalue weighted by atomic mass is 10.1. The third-order valence-electron chi connectivity index (χ3n) is 3.84. The molecular formula is C19H19N3O2S. The Morgan fingerprint density at radius 2 is 1.92 bits per heavy atom. The van der Waals surface area contributed by atoms with Crippen LogP contribution in [0.1, 0.15) is 17.0 Å². The Morgan fingerprint density at radius 1 is 1.12 bits per heavy atom. The van der Waals surface area contributed by atoms with Crippen LogP contribution in [0.15, 0.2) is 53.1 Å². The summed E-state index contributed by atoms with van der Waals surface area (Å²) in [6.45, 7) is 4.03. The zero-order chi connectivity index (χ0) is 17.6. The fourth-order valence-corrected chi connectivity index (χ4v) is 2.97. The third kappa shape index (κ3) is 4.48. The Kier molecular flexibility index (Phi) is 5.50. The Bertz CT molecular complexity index is 862. The molecule has 0 aliphatic carbocycles. The molecule has 1 heterocycles. The van der Waals surface area contributed by atoms with Gasteiger partial charge in [0.15, 0.2) is 0 Å². The lowest BCUT2D eigenvalue weighted by Gasteiger charge is -2.09. The van der Waals surface area contributed by atoms with E-state index in [1.54, 1.807) is 0 Å². The van der Waals surface area contributed by atoms with Crippen molar-refractivity contribution < 1.29 is 9.32 Å². The van der Waals surface area contributed by atoms with E-state index >= 15 is 0 Å². The van der Waals surface area contributed by atoms with Gasteiger partial charge in [-0.1, -0.05) is 47.6 Å². The van der Waals surface area contributed by atoms with Gasteiger partial charge in [-0.15, -0.1) is 11.8 Å². The maximum atomic E-state index is 12.1. The summed E-state index contributed by atoms with van der Waals surface area (Å²) in [6, 6.07) is 15.5. The second kappa shape index (κ2) is 7.98. The molecule has 0 spiro atoms. The highest BCUT2D eigenvalue weighted by atomic mass is 32.2. The summed E-state index contributed by atoms with van der Waals surface area (Å²) in [7, 11) is 0. The number of aromatic nitrogens is 2. The van der Waals surface area contributed by atoms with Crippen molar-refractivity contribution in [3.8, 4) is 11.4 Å². The van der Waals surface area contributed by atoms with Gasteiger partial charge in [-0.05, 0) is 31.0 Å². The van der Waals surface area contributed by atoms with Crippen LogP contribution >= 0.6 is 11.8 Å². The van der Waals surface area contributed by atoms with Gasteiger partial charge in [-0.3, -0.25) is 4.79 Å². The molecule has 0 saturated carbocycles. The number of amides is 1. The lowest BCUT2D eigenvalue weighted by Crippen LogP contribution is -2.15. The van der Waals surface area contributed by atoms with Crippen LogP contribution in [0.4, 0.5) is 5.69 Å². The molecule has 0 bridgehead atoms. The number of hydrogen-bond donors (Lipinski definition) is 1. The summed E-state index contributed by atoms with van der Waals surface area (Å²) in [5.41, 5.74) is 4.01. The first-order valence-corrected chi connectivity index (χ1v) is 9.11. The molecule has 0 aliphatic rings. The molecule has 0 aliphatic heterocycles. The van der Waals surface area contributed by atoms with Crippen molar-refractivity contribution in [3.05, 3.63) is 65.5 Å². The molecule has 3 aromatic rings. The van der Waals surface area contributed by atoms with E-state index in [1.165, 1.54) is 11.8 Å². The van der Waals surface area contributed by atoms with Crippen molar-refractivity contribution >= 4 is 23.4 Å². The second-order valence-electron chi connectivity index (χ2n) is 5.67. The smallest absolute Gasteiger partial charge is 0.236 e. The van der Waals surface area contributed by atoms with Crippen molar-refractivity contribution in [1.29, 1.82) is 0 Å². The lowest BCUT2D eigenvalue weighted by molar-refractivity contribution is -0.113. The monoisotopic (exact) mass is 353 g/mol. The predicted molar refractivity (Wildman–Crippen MR) is 100 cm³/mol. The van der Waals surface area contributed by atoms with Gasteiger partial charge in [0.2, 0.25) is 17.6 Å². The standard InChI is InChI=1S/C19H19N3O2S/c1-13-7-6-10-16(14(13)2)20-17(23)11-25-12-18-21-19(22-24-18)15-8-4-3-5-9-15/h3-10H,11-12H2,1-2H3,(H,20,23). The number of aryl methyl sites for hydroxylation is 1. The molecule has 1 amide bonds. The van der Waals surface area contributed by atoms with Crippen molar-refractivity contribution in [2.24, 2.45) is 0 Å². The molecule has 1 aromatic heterocycles. The van der Waals surface area contributed by atoms with E-state index < -0.39 is 0 Å². The Labute approximate surface area is 150 Å². The van der Waals surface area contributed by atoms with E-state index in [1.807, 2.05) is 62.4 Å². The topological polar surface area (TPSA) is 68.0 Å². The van der Waals surface area contributed by atoms with Crippen molar-refractivity contribution in [2.45, 2.75) is 19.6 Å². The third-order valence-corrected chi connectivity index (χ3v) is 4.75. The van der Waals surface area contributed by atoms with E-state index in [9.17, 15) is 4.79 Å². The summed E-state index contributed by atoms with van der Waals surface area (Å²) in [5.74, 6) is 1.87. The van der Waals surface area contributed by atoms with Gasteiger partial charge in [0.05, 0.1) is 11.5 Å². The maximum absolute atomic E-state index is 12.1. The van der Waals surface area contributed by atoms with Crippen LogP contribution in [0.5, 0.6) is 0 Å². The van der Waals surface area contributed by atoms with Crippen LogP contribution in [-0.4, -0.2) is 21.8 Å². The molecular weight excluding hydrogens is 334 g/mol. The van der Waals surface area contributed by atoms with Gasteiger partial charge in [-0.2, -0.15) is 4.98 Å². The molecule has 0 unspecified atom stereocenters.